The summed E-state index contributed by atoms with van der Waals surface area (Å²) in [7, 11) is 1.33. The number of aromatic nitrogens is 2. The molecule has 1 aromatic carbocycles. The molecule has 0 saturated carbocycles. The van der Waals surface area contributed by atoms with E-state index in [1.807, 2.05) is 31.2 Å². The Morgan fingerprint density at radius 3 is 2.85 bits per heavy atom. The zero-order valence-corrected chi connectivity index (χ0v) is 11.2. The van der Waals surface area contributed by atoms with Crippen molar-refractivity contribution < 1.29 is 9.66 Å². The molecule has 20 heavy (non-hydrogen) atoms. The smallest absolute Gasteiger partial charge is 0.372 e. The third kappa shape index (κ3) is 3.00. The molecule has 1 aromatic heterocycles. The maximum absolute atomic E-state index is 11.1. The Kier molecular flexibility index (Phi) is 4.09. The van der Waals surface area contributed by atoms with Gasteiger partial charge in [-0.15, -0.1) is 0 Å². The molecule has 0 saturated heterocycles. The summed E-state index contributed by atoms with van der Waals surface area (Å²) in [5.74, 6) is 0.0834. The maximum atomic E-state index is 11.1. The van der Waals surface area contributed by atoms with Crippen LogP contribution in [0.3, 0.4) is 0 Å². The van der Waals surface area contributed by atoms with Crippen LogP contribution in [0, 0.1) is 17.0 Å². The van der Waals surface area contributed by atoms with Gasteiger partial charge in [0.25, 0.3) is 5.88 Å². The largest absolute Gasteiger partial charge is 0.476 e. The van der Waals surface area contributed by atoms with E-state index in [9.17, 15) is 10.1 Å². The van der Waals surface area contributed by atoms with Gasteiger partial charge in [-0.3, -0.25) is 10.1 Å². The van der Waals surface area contributed by atoms with Crippen molar-refractivity contribution in [1.29, 1.82) is 0 Å². The van der Waals surface area contributed by atoms with Crippen LogP contribution < -0.4 is 10.1 Å². The number of anilines is 1. The Morgan fingerprint density at radius 2 is 2.20 bits per heavy atom. The lowest BCUT2D eigenvalue weighted by molar-refractivity contribution is -0.385. The predicted molar refractivity (Wildman–Crippen MR) is 73.7 cm³/mol. The van der Waals surface area contributed by atoms with Gasteiger partial charge in [0, 0.05) is 6.54 Å². The van der Waals surface area contributed by atoms with E-state index in [0.29, 0.717) is 6.54 Å². The third-order valence-electron chi connectivity index (χ3n) is 2.71. The molecule has 0 atom stereocenters. The molecular formula is C13H14N4O3. The van der Waals surface area contributed by atoms with E-state index in [2.05, 4.69) is 15.3 Å². The summed E-state index contributed by atoms with van der Waals surface area (Å²) in [6.45, 7) is 2.42. The number of rotatable bonds is 5. The van der Waals surface area contributed by atoms with Crippen LogP contribution in [-0.4, -0.2) is 22.0 Å². The van der Waals surface area contributed by atoms with E-state index in [-0.39, 0.29) is 17.4 Å². The number of hydrogen-bond donors (Lipinski definition) is 1. The third-order valence-corrected chi connectivity index (χ3v) is 2.71. The highest BCUT2D eigenvalue weighted by atomic mass is 16.6. The van der Waals surface area contributed by atoms with Gasteiger partial charge in [0.2, 0.25) is 5.82 Å². The van der Waals surface area contributed by atoms with Gasteiger partial charge < -0.3 is 10.1 Å². The average molecular weight is 274 g/mol. The van der Waals surface area contributed by atoms with Crippen molar-refractivity contribution in [2.45, 2.75) is 13.5 Å². The normalized spacial score (nSPS) is 10.1. The number of ether oxygens (including phenoxy) is 1. The fraction of sp³-hybridized carbons (Fsp3) is 0.231. The van der Waals surface area contributed by atoms with Crippen LogP contribution in [0.5, 0.6) is 5.88 Å². The number of hydrogen-bond acceptors (Lipinski definition) is 6. The van der Waals surface area contributed by atoms with E-state index in [1.54, 1.807) is 0 Å². The lowest BCUT2D eigenvalue weighted by Gasteiger charge is -2.08. The van der Waals surface area contributed by atoms with Gasteiger partial charge in [0.05, 0.1) is 12.0 Å². The first-order valence-electron chi connectivity index (χ1n) is 5.94. The van der Waals surface area contributed by atoms with Gasteiger partial charge in [-0.2, -0.15) is 4.98 Å². The van der Waals surface area contributed by atoms with Crippen molar-refractivity contribution in [3.8, 4) is 5.88 Å². The van der Waals surface area contributed by atoms with E-state index in [0.717, 1.165) is 11.1 Å². The van der Waals surface area contributed by atoms with E-state index in [1.165, 1.54) is 13.4 Å². The molecule has 0 spiro atoms. The number of methoxy groups -OCH3 is 1. The fourth-order valence-electron chi connectivity index (χ4n) is 1.81. The van der Waals surface area contributed by atoms with E-state index < -0.39 is 4.92 Å². The molecule has 0 fully saturated rings. The highest BCUT2D eigenvalue weighted by Crippen LogP contribution is 2.30. The van der Waals surface area contributed by atoms with Crippen LogP contribution >= 0.6 is 0 Å². The molecule has 2 rings (SSSR count). The molecule has 104 valence electrons. The molecule has 0 unspecified atom stereocenters. The quantitative estimate of drug-likeness (QED) is 0.664. The van der Waals surface area contributed by atoms with Crippen LogP contribution in [0.1, 0.15) is 11.1 Å². The predicted octanol–water partition coefficient (Wildman–Crippen LogP) is 2.31. The number of benzene rings is 1. The van der Waals surface area contributed by atoms with Crippen molar-refractivity contribution in [3.05, 3.63) is 51.8 Å². The Morgan fingerprint density at radius 1 is 1.40 bits per heavy atom. The monoisotopic (exact) mass is 274 g/mol. The highest BCUT2D eigenvalue weighted by Gasteiger charge is 2.23. The van der Waals surface area contributed by atoms with E-state index >= 15 is 0 Å². The summed E-state index contributed by atoms with van der Waals surface area (Å²) in [4.78, 5) is 18.1. The summed E-state index contributed by atoms with van der Waals surface area (Å²) in [6.07, 6.45) is 1.23. The zero-order valence-electron chi connectivity index (χ0n) is 11.2. The van der Waals surface area contributed by atoms with Crippen molar-refractivity contribution in [2.75, 3.05) is 12.4 Å². The second-order valence-corrected chi connectivity index (χ2v) is 4.18. The second kappa shape index (κ2) is 5.96. The summed E-state index contributed by atoms with van der Waals surface area (Å²) in [6, 6.07) is 7.85. The number of nitro groups is 1. The first-order valence-corrected chi connectivity index (χ1v) is 5.94. The SMILES string of the molecule is COc1ncnc(NCc2cccc(C)c2)c1[N+](=O)[O-]. The fourth-order valence-corrected chi connectivity index (χ4v) is 1.81. The molecule has 0 aliphatic carbocycles. The average Bonchev–Trinajstić information content (AvgIpc) is 2.44. The molecule has 2 aromatic rings. The summed E-state index contributed by atoms with van der Waals surface area (Å²) < 4.78 is 4.89. The summed E-state index contributed by atoms with van der Waals surface area (Å²) in [5, 5.41) is 14.0. The number of nitrogens with one attached hydrogen (secondary N) is 1. The minimum Gasteiger partial charge on any atom is -0.476 e. The standard InChI is InChI=1S/C13H14N4O3/c1-9-4-3-5-10(6-9)7-14-12-11(17(18)19)13(20-2)16-8-15-12/h3-6,8H,7H2,1-2H3,(H,14,15,16). The van der Waals surface area contributed by atoms with Crippen LogP contribution in [0.15, 0.2) is 30.6 Å². The number of aryl methyl sites for hydroxylation is 1. The van der Waals surface area contributed by atoms with Crippen LogP contribution in [0.2, 0.25) is 0 Å². The second-order valence-electron chi connectivity index (χ2n) is 4.18. The van der Waals surface area contributed by atoms with Gasteiger partial charge in [-0.25, -0.2) is 4.98 Å². The maximum Gasteiger partial charge on any atom is 0.372 e. The van der Waals surface area contributed by atoms with Gasteiger partial charge in [0.1, 0.15) is 6.33 Å². The van der Waals surface area contributed by atoms with Crippen molar-refractivity contribution in [1.82, 2.24) is 9.97 Å². The van der Waals surface area contributed by atoms with Gasteiger partial charge in [-0.05, 0) is 12.5 Å². The van der Waals surface area contributed by atoms with Gasteiger partial charge >= 0.3 is 5.69 Å². The Balaban J connectivity index is 2.23. The molecule has 7 heteroatoms. The first kappa shape index (κ1) is 13.7. The van der Waals surface area contributed by atoms with Crippen LogP contribution in [0.25, 0.3) is 0 Å². The first-order chi connectivity index (χ1) is 9.61. The van der Waals surface area contributed by atoms with Crippen molar-refractivity contribution in [2.24, 2.45) is 0 Å². The van der Waals surface area contributed by atoms with Gasteiger partial charge in [-0.1, -0.05) is 29.8 Å². The highest BCUT2D eigenvalue weighted by molar-refractivity contribution is 5.61. The van der Waals surface area contributed by atoms with Crippen LogP contribution in [0.4, 0.5) is 11.5 Å². The topological polar surface area (TPSA) is 90.2 Å². The molecule has 1 N–H and O–H groups in total. The van der Waals surface area contributed by atoms with E-state index in [4.69, 9.17) is 4.74 Å². The molecule has 1 heterocycles. The Bertz CT molecular complexity index is 631. The summed E-state index contributed by atoms with van der Waals surface area (Å²) in [5.41, 5.74) is 1.87. The zero-order chi connectivity index (χ0) is 14.5. The van der Waals surface area contributed by atoms with Crippen molar-refractivity contribution >= 4 is 11.5 Å². The Hall–Kier alpha value is -2.70. The number of nitrogens with zero attached hydrogens (tertiary/aromatic N) is 3. The van der Waals surface area contributed by atoms with Crippen LogP contribution in [-0.2, 0) is 6.54 Å². The molecule has 0 bridgehead atoms. The minimum atomic E-state index is -0.558. The van der Waals surface area contributed by atoms with Crippen molar-refractivity contribution in [3.63, 3.8) is 0 Å². The summed E-state index contributed by atoms with van der Waals surface area (Å²) >= 11 is 0. The molecule has 7 nitrogen and oxygen atoms in total. The molecule has 0 radical (unpaired) electrons. The molecule has 0 amide bonds. The molecule has 0 aliphatic heterocycles. The van der Waals surface area contributed by atoms with Gasteiger partial charge in [0.15, 0.2) is 0 Å². The lowest BCUT2D eigenvalue weighted by atomic mass is 10.1. The molecule has 0 aliphatic rings. The minimum absolute atomic E-state index is 0.0586. The molecular weight excluding hydrogens is 260 g/mol. The Labute approximate surface area is 115 Å². The lowest BCUT2D eigenvalue weighted by Crippen LogP contribution is -2.07.